The first-order valence-electron chi connectivity index (χ1n) is 10.9. The second kappa shape index (κ2) is 10.5. The summed E-state index contributed by atoms with van der Waals surface area (Å²) < 4.78 is 0. The summed E-state index contributed by atoms with van der Waals surface area (Å²) >= 11 is 0. The number of hydrogen-bond donors (Lipinski definition) is 0. The van der Waals surface area contributed by atoms with Gasteiger partial charge in [-0.25, -0.2) is 0 Å². The van der Waals surface area contributed by atoms with Crippen LogP contribution in [0.3, 0.4) is 0 Å². The summed E-state index contributed by atoms with van der Waals surface area (Å²) in [5, 5.41) is 5.98. The average Bonchev–Trinajstić information content (AvgIpc) is 3.45. The molecule has 0 unspecified atom stereocenters. The largest absolute Gasteiger partial charge is 3.00 e. The number of hydrogen-bond acceptors (Lipinski definition) is 1. The van der Waals surface area contributed by atoms with E-state index in [1.165, 1.54) is 44.3 Å². The fourth-order valence-corrected chi connectivity index (χ4v) is 9.19. The standard InChI is InChI=1S/C18H17.C10H11NSi.2ClH.Zr/c1-13(2)16-11-15-9-6-10-17(18(15)12-16)14-7-4-3-5-8-14;1-6-9-7-4-5-11-8(7)10(6)12(9,2)3;;;/h3-13H,1-2H3;4-5H,1-3H3;2*1H;/q-1;;;;+3/p-2. The number of benzene rings is 2. The molecule has 5 heteroatoms. The van der Waals surface area contributed by atoms with Crippen molar-refractivity contribution >= 4 is 24.6 Å². The SMILES string of the molecule is CC(C)c1cc2c(-c3ccccc3)cccc2[cH-]1.CC1=C2C3=NC=CC3=C1[Si]2(C)C.[Cl-].[Cl-].[Zr+3]. The molecule has 0 fully saturated rings. The predicted molar refractivity (Wildman–Crippen MR) is 133 cm³/mol. The monoisotopic (exact) mass is 566 g/mol. The van der Waals surface area contributed by atoms with Crippen molar-refractivity contribution in [2.75, 3.05) is 0 Å². The topological polar surface area (TPSA) is 12.4 Å². The smallest absolute Gasteiger partial charge is 1.00 e. The molecule has 3 heterocycles. The molecule has 1 nitrogen and oxygen atoms in total. The van der Waals surface area contributed by atoms with E-state index >= 15 is 0 Å². The van der Waals surface area contributed by atoms with Crippen molar-refractivity contribution in [3.63, 3.8) is 0 Å². The maximum absolute atomic E-state index is 4.42. The molecule has 0 N–H and O–H groups in total. The molecule has 4 aliphatic rings. The Bertz CT molecular complexity index is 1290. The van der Waals surface area contributed by atoms with E-state index in [4.69, 9.17) is 0 Å². The molecule has 3 aliphatic heterocycles. The third kappa shape index (κ3) is 4.50. The van der Waals surface area contributed by atoms with Crippen molar-refractivity contribution in [2.24, 2.45) is 4.99 Å². The number of aliphatic imine (C=N–C) groups is 1. The van der Waals surface area contributed by atoms with Crippen LogP contribution in [0.15, 0.2) is 99.5 Å². The van der Waals surface area contributed by atoms with Crippen molar-refractivity contribution in [3.05, 3.63) is 100 Å². The number of allylic oxidation sites excluding steroid dienone is 5. The van der Waals surface area contributed by atoms with Gasteiger partial charge < -0.3 is 24.8 Å². The molecule has 0 aromatic heterocycles. The minimum Gasteiger partial charge on any atom is -1.00 e. The average molecular weight is 569 g/mol. The summed E-state index contributed by atoms with van der Waals surface area (Å²) in [4.78, 5) is 4.42. The predicted octanol–water partition coefficient (Wildman–Crippen LogP) is 1.74. The van der Waals surface area contributed by atoms with Crippen LogP contribution < -0.4 is 24.8 Å². The Morgan fingerprint density at radius 1 is 0.909 bits per heavy atom. The van der Waals surface area contributed by atoms with Gasteiger partial charge >= 0.3 is 26.2 Å². The Kier molecular flexibility index (Phi) is 8.85. The van der Waals surface area contributed by atoms with Gasteiger partial charge in [0.2, 0.25) is 0 Å². The van der Waals surface area contributed by atoms with Crippen LogP contribution in [0.25, 0.3) is 21.9 Å². The molecule has 1 aliphatic carbocycles. The number of fused-ring (bicyclic) bond motifs is 1. The summed E-state index contributed by atoms with van der Waals surface area (Å²) in [6.07, 6.45) is 4.10. The zero-order valence-electron chi connectivity index (χ0n) is 19.7. The number of nitrogens with zero attached hydrogens (tertiary/aromatic N) is 1. The first kappa shape index (κ1) is 27.9. The summed E-state index contributed by atoms with van der Waals surface area (Å²) in [5.41, 5.74) is 8.33. The van der Waals surface area contributed by atoms with Crippen molar-refractivity contribution in [1.82, 2.24) is 0 Å². The number of halogens is 2. The van der Waals surface area contributed by atoms with E-state index in [-0.39, 0.29) is 51.0 Å². The molecule has 1 radical (unpaired) electrons. The second-order valence-electron chi connectivity index (χ2n) is 9.32. The van der Waals surface area contributed by atoms with Gasteiger partial charge in [-0.3, -0.25) is 4.99 Å². The van der Waals surface area contributed by atoms with Crippen LogP contribution in [0.1, 0.15) is 32.3 Å². The van der Waals surface area contributed by atoms with Crippen LogP contribution in [0.5, 0.6) is 0 Å². The fraction of sp³-hybridized carbons (Fsp3) is 0.214. The molecule has 7 rings (SSSR count). The molecule has 167 valence electrons. The van der Waals surface area contributed by atoms with Crippen molar-refractivity contribution < 1.29 is 51.0 Å². The molecule has 0 amide bonds. The summed E-state index contributed by atoms with van der Waals surface area (Å²) in [5.74, 6) is 0.584. The maximum Gasteiger partial charge on any atom is 3.00 e. The van der Waals surface area contributed by atoms with E-state index in [1.54, 1.807) is 10.4 Å². The zero-order chi connectivity index (χ0) is 21.0. The molecular formula is C28H28Cl2NSiZr. The molecule has 0 atom stereocenters. The second-order valence-corrected chi connectivity index (χ2v) is 13.6. The fourth-order valence-electron chi connectivity index (χ4n) is 5.33. The van der Waals surface area contributed by atoms with Crippen LogP contribution in [0.2, 0.25) is 13.1 Å². The molecule has 2 bridgehead atoms. The van der Waals surface area contributed by atoms with Gasteiger partial charge in [0.1, 0.15) is 8.07 Å². The van der Waals surface area contributed by atoms with Crippen LogP contribution in [-0.2, 0) is 26.2 Å². The Morgan fingerprint density at radius 2 is 1.61 bits per heavy atom. The molecule has 3 aromatic carbocycles. The molecular weight excluding hydrogens is 541 g/mol. The van der Waals surface area contributed by atoms with Gasteiger partial charge in [0.05, 0.1) is 5.71 Å². The Balaban J connectivity index is 0.000000227. The van der Waals surface area contributed by atoms with Gasteiger partial charge in [-0.05, 0) is 40.4 Å². The minimum atomic E-state index is -1.13. The van der Waals surface area contributed by atoms with Crippen molar-refractivity contribution in [1.29, 1.82) is 0 Å². The number of rotatable bonds is 2. The molecule has 0 saturated heterocycles. The van der Waals surface area contributed by atoms with Crippen LogP contribution in [0, 0.1) is 0 Å². The van der Waals surface area contributed by atoms with Crippen LogP contribution in [-0.4, -0.2) is 13.8 Å². The Hall–Kier alpha value is -1.38. The Morgan fingerprint density at radius 3 is 2.21 bits per heavy atom. The maximum atomic E-state index is 4.42. The van der Waals surface area contributed by atoms with E-state index in [1.807, 2.05) is 6.20 Å². The normalized spacial score (nSPS) is 16.2. The molecule has 0 saturated carbocycles. The van der Waals surface area contributed by atoms with Crippen molar-refractivity contribution in [3.8, 4) is 11.1 Å². The molecule has 33 heavy (non-hydrogen) atoms. The summed E-state index contributed by atoms with van der Waals surface area (Å²) in [6.45, 7) is 11.6. The van der Waals surface area contributed by atoms with Crippen molar-refractivity contribution in [2.45, 2.75) is 39.8 Å². The third-order valence-corrected chi connectivity index (χ3v) is 10.5. The van der Waals surface area contributed by atoms with Crippen LogP contribution in [0.4, 0.5) is 0 Å². The first-order chi connectivity index (χ1) is 14.4. The summed E-state index contributed by atoms with van der Waals surface area (Å²) in [7, 11) is -1.13. The van der Waals surface area contributed by atoms with E-state index in [0.29, 0.717) is 5.92 Å². The minimum absolute atomic E-state index is 0. The van der Waals surface area contributed by atoms with Gasteiger partial charge in [0.25, 0.3) is 0 Å². The van der Waals surface area contributed by atoms with Gasteiger partial charge in [-0.1, -0.05) is 68.9 Å². The zero-order valence-corrected chi connectivity index (χ0v) is 24.7. The van der Waals surface area contributed by atoms with Gasteiger partial charge in [-0.2, -0.15) is 6.07 Å². The Labute approximate surface area is 230 Å². The van der Waals surface area contributed by atoms with E-state index in [2.05, 4.69) is 106 Å². The van der Waals surface area contributed by atoms with E-state index in [0.717, 1.165) is 0 Å². The third-order valence-electron chi connectivity index (χ3n) is 6.73. The van der Waals surface area contributed by atoms with E-state index < -0.39 is 8.07 Å². The molecule has 3 aromatic rings. The van der Waals surface area contributed by atoms with Gasteiger partial charge in [0, 0.05) is 11.8 Å². The first-order valence-corrected chi connectivity index (χ1v) is 13.9. The summed E-state index contributed by atoms with van der Waals surface area (Å²) in [6, 6.07) is 21.8. The van der Waals surface area contributed by atoms with Gasteiger partial charge in [0.15, 0.2) is 0 Å². The van der Waals surface area contributed by atoms with Crippen LogP contribution >= 0.6 is 0 Å². The quantitative estimate of drug-likeness (QED) is 0.330. The van der Waals surface area contributed by atoms with E-state index in [9.17, 15) is 0 Å². The molecule has 0 spiro atoms. The van der Waals surface area contributed by atoms with Gasteiger partial charge in [-0.15, -0.1) is 34.5 Å².